The molecule has 1 aromatic rings. The van der Waals surface area contributed by atoms with Crippen molar-refractivity contribution in [3.05, 3.63) is 16.4 Å². The summed E-state index contributed by atoms with van der Waals surface area (Å²) >= 11 is 9.91. The second-order valence-corrected chi connectivity index (χ2v) is 6.13. The van der Waals surface area contributed by atoms with Crippen molar-refractivity contribution in [1.82, 2.24) is 14.7 Å². The lowest BCUT2D eigenvalue weighted by molar-refractivity contribution is -0.0683. The molecule has 19 heavy (non-hydrogen) atoms. The molecule has 1 fully saturated rings. The fourth-order valence-corrected chi connectivity index (χ4v) is 3.27. The maximum Gasteiger partial charge on any atom is 0.0863 e. The van der Waals surface area contributed by atoms with E-state index in [0.717, 1.165) is 47.8 Å². The van der Waals surface area contributed by atoms with Crippen LogP contribution in [0.4, 0.5) is 0 Å². The van der Waals surface area contributed by atoms with E-state index >= 15 is 0 Å². The number of halogens is 2. The monoisotopic (exact) mass is 349 g/mol. The van der Waals surface area contributed by atoms with Crippen molar-refractivity contribution in [3.63, 3.8) is 0 Å². The van der Waals surface area contributed by atoms with Crippen LogP contribution in [0, 0.1) is 0 Å². The third kappa shape index (κ3) is 3.51. The van der Waals surface area contributed by atoms with Crippen molar-refractivity contribution >= 4 is 27.5 Å². The molecule has 2 unspecified atom stereocenters. The van der Waals surface area contributed by atoms with Gasteiger partial charge >= 0.3 is 0 Å². The summed E-state index contributed by atoms with van der Waals surface area (Å²) in [6, 6.07) is 0. The van der Waals surface area contributed by atoms with Gasteiger partial charge in [-0.15, -0.1) is 0 Å². The Bertz CT molecular complexity index is 438. The van der Waals surface area contributed by atoms with Gasteiger partial charge in [-0.2, -0.15) is 5.10 Å². The van der Waals surface area contributed by atoms with Crippen molar-refractivity contribution in [2.45, 2.75) is 39.0 Å². The highest BCUT2D eigenvalue weighted by Crippen LogP contribution is 2.24. The number of rotatable bonds is 4. The van der Waals surface area contributed by atoms with Gasteiger partial charge in [-0.1, -0.05) is 34.5 Å². The van der Waals surface area contributed by atoms with Crippen LogP contribution in [0.5, 0.6) is 0 Å². The van der Waals surface area contributed by atoms with Crippen LogP contribution in [0.1, 0.15) is 25.2 Å². The van der Waals surface area contributed by atoms with Crippen LogP contribution in [0.25, 0.3) is 0 Å². The Morgan fingerprint density at radius 3 is 2.79 bits per heavy atom. The lowest BCUT2D eigenvalue weighted by atomic mass is 10.2. The van der Waals surface area contributed by atoms with E-state index in [1.165, 1.54) is 0 Å². The van der Waals surface area contributed by atoms with Crippen molar-refractivity contribution in [3.8, 4) is 0 Å². The van der Waals surface area contributed by atoms with Gasteiger partial charge in [0.05, 0.1) is 28.6 Å². The summed E-state index contributed by atoms with van der Waals surface area (Å²) in [4.78, 5) is 2.39. The molecule has 1 saturated heterocycles. The molecule has 1 aliphatic heterocycles. The maximum atomic E-state index is 6.41. The number of hydrogen-bond donors (Lipinski definition) is 0. The van der Waals surface area contributed by atoms with Gasteiger partial charge in [0, 0.05) is 32.0 Å². The molecule has 2 rings (SSSR count). The first kappa shape index (κ1) is 15.3. The highest BCUT2D eigenvalue weighted by Gasteiger charge is 2.26. The van der Waals surface area contributed by atoms with Gasteiger partial charge in [-0.05, 0) is 13.3 Å². The standard InChI is InChI=1S/C13H21BrClN3O/c1-4-11-13(15)12(17(3)16-11)8-18-6-9(2)19-10(5-14)7-18/h9-10H,4-8H2,1-3H3. The third-order valence-electron chi connectivity index (χ3n) is 3.45. The molecule has 2 atom stereocenters. The summed E-state index contributed by atoms with van der Waals surface area (Å²) in [5, 5.41) is 6.16. The second kappa shape index (κ2) is 6.57. The SMILES string of the molecule is CCc1nn(C)c(CN2CC(C)OC(CBr)C2)c1Cl. The van der Waals surface area contributed by atoms with Gasteiger partial charge < -0.3 is 4.74 Å². The van der Waals surface area contributed by atoms with Crippen LogP contribution in [-0.2, 0) is 24.8 Å². The normalized spacial score (nSPS) is 24.9. The Morgan fingerprint density at radius 2 is 2.21 bits per heavy atom. The lowest BCUT2D eigenvalue weighted by Crippen LogP contribution is -2.46. The average Bonchev–Trinajstić information content (AvgIpc) is 2.65. The molecule has 2 heterocycles. The van der Waals surface area contributed by atoms with Gasteiger partial charge in [0.15, 0.2) is 0 Å². The van der Waals surface area contributed by atoms with E-state index < -0.39 is 0 Å². The number of aromatic nitrogens is 2. The molecule has 0 bridgehead atoms. The highest BCUT2D eigenvalue weighted by molar-refractivity contribution is 9.09. The van der Waals surface area contributed by atoms with Crippen molar-refractivity contribution in [1.29, 1.82) is 0 Å². The Hall–Kier alpha value is -0.100. The predicted molar refractivity (Wildman–Crippen MR) is 81.0 cm³/mol. The van der Waals surface area contributed by atoms with E-state index in [-0.39, 0.29) is 12.2 Å². The van der Waals surface area contributed by atoms with E-state index in [1.54, 1.807) is 0 Å². The first-order chi connectivity index (χ1) is 9.05. The number of ether oxygens (including phenoxy) is 1. The van der Waals surface area contributed by atoms with Gasteiger partial charge in [0.1, 0.15) is 0 Å². The number of aryl methyl sites for hydroxylation is 2. The molecule has 0 N–H and O–H groups in total. The van der Waals surface area contributed by atoms with Crippen molar-refractivity contribution < 1.29 is 4.74 Å². The lowest BCUT2D eigenvalue weighted by Gasteiger charge is -2.36. The Morgan fingerprint density at radius 1 is 1.47 bits per heavy atom. The molecule has 1 aliphatic rings. The fraction of sp³-hybridized carbons (Fsp3) is 0.769. The second-order valence-electron chi connectivity index (χ2n) is 5.10. The zero-order valence-corrected chi connectivity index (χ0v) is 14.0. The zero-order chi connectivity index (χ0) is 14.0. The van der Waals surface area contributed by atoms with Gasteiger partial charge in [0.2, 0.25) is 0 Å². The largest absolute Gasteiger partial charge is 0.372 e. The van der Waals surface area contributed by atoms with E-state index in [2.05, 4.69) is 39.8 Å². The molecule has 0 amide bonds. The maximum absolute atomic E-state index is 6.41. The summed E-state index contributed by atoms with van der Waals surface area (Å²) in [6.07, 6.45) is 1.38. The molecule has 0 aromatic carbocycles. The van der Waals surface area contributed by atoms with Crippen LogP contribution in [-0.4, -0.2) is 45.3 Å². The molecule has 108 valence electrons. The summed E-state index contributed by atoms with van der Waals surface area (Å²) in [7, 11) is 1.96. The number of hydrogen-bond acceptors (Lipinski definition) is 3. The quantitative estimate of drug-likeness (QED) is 0.782. The minimum atomic E-state index is 0.251. The van der Waals surface area contributed by atoms with Crippen molar-refractivity contribution in [2.24, 2.45) is 7.05 Å². The van der Waals surface area contributed by atoms with E-state index in [1.807, 2.05) is 11.7 Å². The van der Waals surface area contributed by atoms with Crippen LogP contribution >= 0.6 is 27.5 Å². The number of nitrogens with zero attached hydrogens (tertiary/aromatic N) is 3. The zero-order valence-electron chi connectivity index (χ0n) is 11.7. The summed E-state index contributed by atoms with van der Waals surface area (Å²) in [5.74, 6) is 0. The van der Waals surface area contributed by atoms with E-state index in [9.17, 15) is 0 Å². The van der Waals surface area contributed by atoms with Crippen LogP contribution in [0.2, 0.25) is 5.02 Å². The van der Waals surface area contributed by atoms with Crippen LogP contribution < -0.4 is 0 Å². The molecule has 6 heteroatoms. The molecule has 0 radical (unpaired) electrons. The first-order valence-corrected chi connectivity index (χ1v) is 8.19. The van der Waals surface area contributed by atoms with E-state index in [4.69, 9.17) is 16.3 Å². The molecule has 0 aliphatic carbocycles. The molecule has 4 nitrogen and oxygen atoms in total. The Kier molecular flexibility index (Phi) is 5.29. The molecular weight excluding hydrogens is 330 g/mol. The molecule has 1 aromatic heterocycles. The minimum absolute atomic E-state index is 0.251. The minimum Gasteiger partial charge on any atom is -0.372 e. The van der Waals surface area contributed by atoms with Gasteiger partial charge in [-0.3, -0.25) is 9.58 Å². The number of morpholine rings is 1. The van der Waals surface area contributed by atoms with Gasteiger partial charge in [0.25, 0.3) is 0 Å². The van der Waals surface area contributed by atoms with Crippen molar-refractivity contribution in [2.75, 3.05) is 18.4 Å². The molecular formula is C13H21BrClN3O. The smallest absolute Gasteiger partial charge is 0.0863 e. The summed E-state index contributed by atoms with van der Waals surface area (Å²) in [6.45, 7) is 6.89. The third-order valence-corrected chi connectivity index (χ3v) is 4.61. The average molecular weight is 351 g/mol. The molecule has 0 saturated carbocycles. The van der Waals surface area contributed by atoms with Gasteiger partial charge in [-0.25, -0.2) is 0 Å². The Balaban J connectivity index is 2.10. The fourth-order valence-electron chi connectivity index (χ4n) is 2.56. The first-order valence-electron chi connectivity index (χ1n) is 6.69. The molecule has 0 spiro atoms. The highest BCUT2D eigenvalue weighted by atomic mass is 79.9. The summed E-state index contributed by atoms with van der Waals surface area (Å²) in [5.41, 5.74) is 2.08. The predicted octanol–water partition coefficient (Wildman–Crippen LogP) is 2.62. The topological polar surface area (TPSA) is 30.3 Å². The van der Waals surface area contributed by atoms with Crippen LogP contribution in [0.15, 0.2) is 0 Å². The van der Waals surface area contributed by atoms with E-state index in [0.29, 0.717) is 0 Å². The Labute approximate surface area is 128 Å². The number of alkyl halides is 1. The van der Waals surface area contributed by atoms with Crippen LogP contribution in [0.3, 0.4) is 0 Å². The summed E-state index contributed by atoms with van der Waals surface area (Å²) < 4.78 is 7.75.